The molecule has 0 saturated carbocycles. The predicted molar refractivity (Wildman–Crippen MR) is 50.1 cm³/mol. The Bertz CT molecular complexity index is 187. The molecule has 0 bridgehead atoms. The third kappa shape index (κ3) is 9.15. The van der Waals surface area contributed by atoms with Crippen LogP contribution in [-0.4, -0.2) is 24.7 Å². The van der Waals surface area contributed by atoms with Gasteiger partial charge in [-0.2, -0.15) is 13.2 Å². The van der Waals surface area contributed by atoms with E-state index >= 15 is 0 Å². The number of alkyl halides is 3. The van der Waals surface area contributed by atoms with Gasteiger partial charge in [-0.25, -0.2) is 0 Å². The highest BCUT2D eigenvalue weighted by atomic mass is 19.4. The molecule has 3 nitrogen and oxygen atoms in total. The summed E-state index contributed by atoms with van der Waals surface area (Å²) in [4.78, 5) is 3.75. The largest absolute Gasteiger partial charge is 0.389 e. The van der Waals surface area contributed by atoms with Gasteiger partial charge in [0.2, 0.25) is 0 Å². The predicted octanol–water partition coefficient (Wildman–Crippen LogP) is 1.64. The van der Waals surface area contributed by atoms with Gasteiger partial charge in [0.15, 0.2) is 5.96 Å². The number of guanidine groups is 1. The van der Waals surface area contributed by atoms with Crippen molar-refractivity contribution in [1.82, 2.24) is 5.32 Å². The van der Waals surface area contributed by atoms with Crippen molar-refractivity contribution < 1.29 is 13.2 Å². The monoisotopic (exact) mass is 211 g/mol. The lowest BCUT2D eigenvalue weighted by atomic mass is 10.3. The summed E-state index contributed by atoms with van der Waals surface area (Å²) in [6.07, 6.45) is -4.94. The SMILES string of the molecule is CC(C)NC(N)=NCCCC(F)(F)F. The molecule has 0 amide bonds. The van der Waals surface area contributed by atoms with Crippen LogP contribution in [0, 0.1) is 0 Å². The van der Waals surface area contributed by atoms with Crippen LogP contribution >= 0.6 is 0 Å². The molecule has 0 aliphatic carbocycles. The van der Waals surface area contributed by atoms with Gasteiger partial charge in [0, 0.05) is 19.0 Å². The van der Waals surface area contributed by atoms with Crippen molar-refractivity contribution in [3.63, 3.8) is 0 Å². The van der Waals surface area contributed by atoms with E-state index in [1.54, 1.807) is 0 Å². The normalized spacial score (nSPS) is 13.4. The van der Waals surface area contributed by atoms with Crippen molar-refractivity contribution in [1.29, 1.82) is 0 Å². The summed E-state index contributed by atoms with van der Waals surface area (Å²) in [5.41, 5.74) is 5.38. The zero-order chi connectivity index (χ0) is 11.2. The highest BCUT2D eigenvalue weighted by Gasteiger charge is 2.25. The standard InChI is InChI=1S/C8H16F3N3/c1-6(2)14-7(12)13-5-3-4-8(9,10)11/h6H,3-5H2,1-2H3,(H3,12,13,14). The lowest BCUT2D eigenvalue weighted by Gasteiger charge is -2.08. The topological polar surface area (TPSA) is 50.4 Å². The number of nitrogens with two attached hydrogens (primary N) is 1. The number of hydrogen-bond acceptors (Lipinski definition) is 1. The number of nitrogens with zero attached hydrogens (tertiary/aromatic N) is 1. The van der Waals surface area contributed by atoms with Crippen LogP contribution in [0.15, 0.2) is 4.99 Å². The maximum absolute atomic E-state index is 11.7. The minimum absolute atomic E-state index is 0.0238. The van der Waals surface area contributed by atoms with E-state index in [1.165, 1.54) is 0 Å². The molecule has 6 heteroatoms. The summed E-state index contributed by atoms with van der Waals surface area (Å²) < 4.78 is 35.1. The highest BCUT2D eigenvalue weighted by Crippen LogP contribution is 2.20. The quantitative estimate of drug-likeness (QED) is 0.422. The van der Waals surface area contributed by atoms with Crippen LogP contribution in [-0.2, 0) is 0 Å². The summed E-state index contributed by atoms with van der Waals surface area (Å²) >= 11 is 0. The summed E-state index contributed by atoms with van der Waals surface area (Å²) in [5, 5.41) is 2.79. The lowest BCUT2D eigenvalue weighted by molar-refractivity contribution is -0.134. The smallest absolute Gasteiger partial charge is 0.370 e. The fourth-order valence-corrected chi connectivity index (χ4v) is 0.820. The van der Waals surface area contributed by atoms with Crippen molar-refractivity contribution >= 4 is 5.96 Å². The average molecular weight is 211 g/mol. The molecular formula is C8H16F3N3. The number of halogens is 3. The van der Waals surface area contributed by atoms with Gasteiger partial charge < -0.3 is 11.1 Å². The van der Waals surface area contributed by atoms with Gasteiger partial charge in [-0.15, -0.1) is 0 Å². The van der Waals surface area contributed by atoms with E-state index in [1.807, 2.05) is 13.8 Å². The number of aliphatic imine (C=N–C) groups is 1. The Kier molecular flexibility index (Phi) is 5.34. The molecule has 0 aromatic rings. The van der Waals surface area contributed by atoms with E-state index < -0.39 is 12.6 Å². The van der Waals surface area contributed by atoms with Crippen LogP contribution in [0.3, 0.4) is 0 Å². The summed E-state index contributed by atoms with van der Waals surface area (Å²) in [6.45, 7) is 3.85. The Morgan fingerprint density at radius 1 is 1.43 bits per heavy atom. The van der Waals surface area contributed by atoms with Crippen LogP contribution in [0.4, 0.5) is 13.2 Å². The molecule has 0 aliphatic heterocycles. The Morgan fingerprint density at radius 2 is 2.00 bits per heavy atom. The van der Waals surface area contributed by atoms with Crippen LogP contribution in [0.2, 0.25) is 0 Å². The molecule has 0 fully saturated rings. The molecule has 0 aromatic heterocycles. The van der Waals surface area contributed by atoms with E-state index in [4.69, 9.17) is 5.73 Å². The second-order valence-corrected chi connectivity index (χ2v) is 3.28. The molecule has 0 unspecified atom stereocenters. The van der Waals surface area contributed by atoms with Crippen molar-refractivity contribution in [3.8, 4) is 0 Å². The molecule has 0 atom stereocenters. The molecule has 0 rings (SSSR count). The van der Waals surface area contributed by atoms with Gasteiger partial charge in [-0.1, -0.05) is 0 Å². The van der Waals surface area contributed by atoms with Crippen molar-refractivity contribution in [3.05, 3.63) is 0 Å². The maximum Gasteiger partial charge on any atom is 0.389 e. The first-order chi connectivity index (χ1) is 6.31. The first-order valence-corrected chi connectivity index (χ1v) is 4.44. The molecule has 14 heavy (non-hydrogen) atoms. The van der Waals surface area contributed by atoms with E-state index in [2.05, 4.69) is 10.3 Å². The van der Waals surface area contributed by atoms with Crippen LogP contribution in [0.1, 0.15) is 26.7 Å². The molecule has 0 aromatic carbocycles. The van der Waals surface area contributed by atoms with Crippen molar-refractivity contribution in [2.75, 3.05) is 6.54 Å². The zero-order valence-corrected chi connectivity index (χ0v) is 8.36. The minimum atomic E-state index is -4.10. The van der Waals surface area contributed by atoms with Gasteiger partial charge in [-0.3, -0.25) is 4.99 Å². The van der Waals surface area contributed by atoms with Gasteiger partial charge in [-0.05, 0) is 20.3 Å². The molecule has 0 spiro atoms. The van der Waals surface area contributed by atoms with Crippen LogP contribution in [0.25, 0.3) is 0 Å². The first-order valence-electron chi connectivity index (χ1n) is 4.44. The van der Waals surface area contributed by atoms with Gasteiger partial charge in [0.1, 0.15) is 0 Å². The van der Waals surface area contributed by atoms with Crippen molar-refractivity contribution in [2.45, 2.75) is 38.9 Å². The second-order valence-electron chi connectivity index (χ2n) is 3.28. The Hall–Kier alpha value is -0.940. The van der Waals surface area contributed by atoms with Gasteiger partial charge in [0.25, 0.3) is 0 Å². The number of nitrogens with one attached hydrogen (secondary N) is 1. The molecular weight excluding hydrogens is 195 g/mol. The van der Waals surface area contributed by atoms with Crippen LogP contribution in [0.5, 0.6) is 0 Å². The molecule has 0 aliphatic rings. The summed E-state index contributed by atoms with van der Waals surface area (Å²) in [5.74, 6) is 0.196. The second kappa shape index (κ2) is 5.72. The lowest BCUT2D eigenvalue weighted by Crippen LogP contribution is -2.36. The number of rotatable bonds is 4. The highest BCUT2D eigenvalue weighted by molar-refractivity contribution is 5.77. The summed E-state index contributed by atoms with van der Waals surface area (Å²) in [6, 6.07) is 0.140. The summed E-state index contributed by atoms with van der Waals surface area (Å²) in [7, 11) is 0. The zero-order valence-electron chi connectivity index (χ0n) is 8.36. The third-order valence-electron chi connectivity index (χ3n) is 1.34. The Balaban J connectivity index is 3.61. The molecule has 0 saturated heterocycles. The average Bonchev–Trinajstić information content (AvgIpc) is 1.95. The Labute approximate surface area is 81.6 Å². The van der Waals surface area contributed by atoms with E-state index in [9.17, 15) is 13.2 Å². The fourth-order valence-electron chi connectivity index (χ4n) is 0.820. The van der Waals surface area contributed by atoms with Gasteiger partial charge in [0.05, 0.1) is 0 Å². The third-order valence-corrected chi connectivity index (χ3v) is 1.34. The van der Waals surface area contributed by atoms with Gasteiger partial charge >= 0.3 is 6.18 Å². The van der Waals surface area contributed by atoms with E-state index in [-0.39, 0.29) is 25.0 Å². The van der Waals surface area contributed by atoms with Crippen LogP contribution < -0.4 is 11.1 Å². The van der Waals surface area contributed by atoms with E-state index in [0.717, 1.165) is 0 Å². The minimum Gasteiger partial charge on any atom is -0.370 e. The molecule has 0 heterocycles. The number of hydrogen-bond donors (Lipinski definition) is 2. The van der Waals surface area contributed by atoms with Crippen molar-refractivity contribution in [2.24, 2.45) is 10.7 Å². The molecule has 0 radical (unpaired) electrons. The Morgan fingerprint density at radius 3 is 2.43 bits per heavy atom. The maximum atomic E-state index is 11.7. The van der Waals surface area contributed by atoms with E-state index in [0.29, 0.717) is 0 Å². The molecule has 84 valence electrons. The fraction of sp³-hybridized carbons (Fsp3) is 0.875. The molecule has 3 N–H and O–H groups in total. The first kappa shape index (κ1) is 13.1.